The second-order valence-electron chi connectivity index (χ2n) is 14.1. The highest BCUT2D eigenvalue weighted by atomic mass is 15.0. The van der Waals surface area contributed by atoms with Crippen molar-refractivity contribution in [2.24, 2.45) is 0 Å². The van der Waals surface area contributed by atoms with Gasteiger partial charge in [-0.2, -0.15) is 0 Å². The molecule has 10 aromatic rings. The highest BCUT2D eigenvalue weighted by Crippen LogP contribution is 2.39. The number of aromatic nitrogens is 5. The zero-order valence-electron chi connectivity index (χ0n) is 32.2. The number of hydrogen-bond acceptors (Lipinski definition) is 3. The van der Waals surface area contributed by atoms with Gasteiger partial charge in [-0.3, -0.25) is 0 Å². The van der Waals surface area contributed by atoms with Crippen LogP contribution in [0, 0.1) is 6.92 Å². The number of allylic oxidation sites excluding steroid dienone is 4. The van der Waals surface area contributed by atoms with Crippen LogP contribution < -0.4 is 0 Å². The topological polar surface area (TPSA) is 48.5 Å². The summed E-state index contributed by atoms with van der Waals surface area (Å²) in [4.78, 5) is 15.1. The van der Waals surface area contributed by atoms with Gasteiger partial charge in [0.1, 0.15) is 0 Å². The minimum absolute atomic E-state index is 0.641. The van der Waals surface area contributed by atoms with E-state index in [4.69, 9.17) is 15.0 Å². The van der Waals surface area contributed by atoms with Gasteiger partial charge in [0.25, 0.3) is 0 Å². The summed E-state index contributed by atoms with van der Waals surface area (Å²) in [6.07, 6.45) is 10.2. The molecule has 57 heavy (non-hydrogen) atoms. The highest BCUT2D eigenvalue weighted by molar-refractivity contribution is 6.20. The van der Waals surface area contributed by atoms with Gasteiger partial charge in [0.15, 0.2) is 17.5 Å². The van der Waals surface area contributed by atoms with Crippen molar-refractivity contribution in [3.63, 3.8) is 0 Å². The number of hydrogen-bond donors (Lipinski definition) is 0. The summed E-state index contributed by atoms with van der Waals surface area (Å²) in [7, 11) is 0. The first-order valence-electron chi connectivity index (χ1n) is 19.4. The number of fused-ring (bicyclic) bond motifs is 6. The normalized spacial score (nSPS) is 11.6. The van der Waals surface area contributed by atoms with Crippen LogP contribution in [0.25, 0.3) is 89.0 Å². The monoisotopic (exact) mass is 735 g/mol. The summed E-state index contributed by atoms with van der Waals surface area (Å²) in [5, 5.41) is 6.05. The number of rotatable bonds is 6. The molecule has 3 heterocycles. The lowest BCUT2D eigenvalue weighted by Gasteiger charge is -2.14. The van der Waals surface area contributed by atoms with Crippen LogP contribution >= 0.6 is 0 Å². The molecule has 0 spiro atoms. The molecule has 0 aliphatic heterocycles. The molecule has 0 N–H and O–H groups in total. The van der Waals surface area contributed by atoms with Gasteiger partial charge in [-0.05, 0) is 86.3 Å². The molecule has 0 saturated heterocycles. The van der Waals surface area contributed by atoms with Crippen LogP contribution in [-0.4, -0.2) is 24.1 Å². The van der Waals surface area contributed by atoms with Gasteiger partial charge in [-0.1, -0.05) is 133 Å². The second kappa shape index (κ2) is 15.4. The van der Waals surface area contributed by atoms with E-state index in [1.165, 1.54) is 38.0 Å². The second-order valence-corrected chi connectivity index (χ2v) is 14.1. The van der Waals surface area contributed by atoms with Crippen molar-refractivity contribution in [2.75, 3.05) is 0 Å². The summed E-state index contributed by atoms with van der Waals surface area (Å²) in [6.45, 7) is 6.15. The van der Waals surface area contributed by atoms with Crippen molar-refractivity contribution in [3.05, 3.63) is 200 Å². The molecule has 7 aromatic carbocycles. The fourth-order valence-electron chi connectivity index (χ4n) is 7.68. The van der Waals surface area contributed by atoms with E-state index in [1.54, 1.807) is 0 Å². The van der Waals surface area contributed by atoms with Crippen molar-refractivity contribution in [1.29, 1.82) is 0 Å². The fourth-order valence-corrected chi connectivity index (χ4v) is 7.68. The first-order valence-corrected chi connectivity index (χ1v) is 19.4. The Morgan fingerprint density at radius 1 is 0.439 bits per heavy atom. The third-order valence-corrected chi connectivity index (χ3v) is 10.3. The molecule has 274 valence electrons. The van der Waals surface area contributed by atoms with Crippen LogP contribution in [0.1, 0.15) is 19.4 Å². The Kier molecular flexibility index (Phi) is 9.55. The molecule has 3 aromatic heterocycles. The number of para-hydroxylation sites is 2. The molecule has 0 unspecified atom stereocenters. The lowest BCUT2D eigenvalue weighted by atomic mass is 10.0. The van der Waals surface area contributed by atoms with E-state index >= 15 is 0 Å². The van der Waals surface area contributed by atoms with Crippen LogP contribution in [0.3, 0.4) is 0 Å². The van der Waals surface area contributed by atoms with Gasteiger partial charge < -0.3 is 9.13 Å². The number of nitrogens with zero attached hydrogens (tertiary/aromatic N) is 5. The smallest absolute Gasteiger partial charge is 0.164 e. The maximum Gasteiger partial charge on any atom is 0.164 e. The average Bonchev–Trinajstić information content (AvgIpc) is 3.85. The molecule has 0 saturated carbocycles. The van der Waals surface area contributed by atoms with E-state index in [0.717, 1.165) is 39.1 Å². The number of aryl methyl sites for hydroxylation is 1. The standard InChI is InChI=1S/C46H31N5.C6H10/c1-30-25-35(46-48-44(31-13-5-2-6-14-31)47-45(49-46)32-15-7-3-8-16-32)27-37(26-30)51-41-20-12-11-19-38(41)39-22-21-33-29-42-34(28-40(33)43(39)51)23-24-50(42)36-17-9-4-10-18-36;1-3-5-6-4-2/h2-29H,1H3;3-6H,1-2H3/b;5-3-,6-4-. The van der Waals surface area contributed by atoms with Crippen LogP contribution in [0.5, 0.6) is 0 Å². The molecule has 0 aliphatic rings. The van der Waals surface area contributed by atoms with Crippen LogP contribution in [0.2, 0.25) is 0 Å². The maximum absolute atomic E-state index is 5.07. The molecule has 5 heteroatoms. The van der Waals surface area contributed by atoms with Crippen molar-refractivity contribution in [2.45, 2.75) is 20.8 Å². The Hall–Kier alpha value is -7.37. The molecule has 0 atom stereocenters. The first-order chi connectivity index (χ1) is 28.1. The Bertz CT molecular complexity index is 3010. The van der Waals surface area contributed by atoms with E-state index in [1.807, 2.05) is 98.8 Å². The Labute approximate surface area is 332 Å². The lowest BCUT2D eigenvalue weighted by Crippen LogP contribution is -2.01. The highest BCUT2D eigenvalue weighted by Gasteiger charge is 2.19. The van der Waals surface area contributed by atoms with Gasteiger partial charge in [0, 0.05) is 55.8 Å². The van der Waals surface area contributed by atoms with E-state index in [2.05, 4.69) is 125 Å². The minimum Gasteiger partial charge on any atom is -0.317 e. The Morgan fingerprint density at radius 3 is 1.68 bits per heavy atom. The van der Waals surface area contributed by atoms with E-state index < -0.39 is 0 Å². The third-order valence-electron chi connectivity index (χ3n) is 10.3. The molecule has 5 nitrogen and oxygen atoms in total. The molecular weight excluding hydrogens is 695 g/mol. The molecule has 0 bridgehead atoms. The largest absolute Gasteiger partial charge is 0.317 e. The van der Waals surface area contributed by atoms with Crippen molar-refractivity contribution < 1.29 is 0 Å². The summed E-state index contributed by atoms with van der Waals surface area (Å²) in [6, 6.07) is 57.6. The minimum atomic E-state index is 0.641. The van der Waals surface area contributed by atoms with Crippen LogP contribution in [0.4, 0.5) is 0 Å². The summed E-state index contributed by atoms with van der Waals surface area (Å²) in [5.74, 6) is 1.94. The van der Waals surface area contributed by atoms with Crippen molar-refractivity contribution in [3.8, 4) is 45.5 Å². The zero-order valence-corrected chi connectivity index (χ0v) is 32.2. The zero-order chi connectivity index (χ0) is 38.7. The average molecular weight is 736 g/mol. The van der Waals surface area contributed by atoms with E-state index in [9.17, 15) is 0 Å². The molecular formula is C52H41N5. The van der Waals surface area contributed by atoms with Gasteiger partial charge in [0.2, 0.25) is 0 Å². The SMILES string of the molecule is C/C=C\C=C/C.Cc1cc(-c2nc(-c3ccccc3)nc(-c3ccccc3)n2)cc(-n2c3ccccc3c3ccc4cc5c(ccn5-c5ccccc5)cc4c32)c1. The molecule has 10 rings (SSSR count). The molecule has 0 fully saturated rings. The predicted octanol–water partition coefficient (Wildman–Crippen LogP) is 13.5. The molecule has 0 amide bonds. The first kappa shape index (κ1) is 35.3. The van der Waals surface area contributed by atoms with E-state index in [-0.39, 0.29) is 0 Å². The van der Waals surface area contributed by atoms with Gasteiger partial charge in [-0.15, -0.1) is 0 Å². The van der Waals surface area contributed by atoms with Crippen molar-refractivity contribution in [1.82, 2.24) is 24.1 Å². The maximum atomic E-state index is 5.07. The Morgan fingerprint density at radius 2 is 1.04 bits per heavy atom. The Balaban J connectivity index is 0.000000656. The molecule has 0 aliphatic carbocycles. The fraction of sp³-hybridized carbons (Fsp3) is 0.0577. The summed E-state index contributed by atoms with van der Waals surface area (Å²) < 4.78 is 4.68. The third kappa shape index (κ3) is 6.81. The predicted molar refractivity (Wildman–Crippen MR) is 239 cm³/mol. The van der Waals surface area contributed by atoms with Crippen molar-refractivity contribution >= 4 is 43.5 Å². The van der Waals surface area contributed by atoms with Gasteiger partial charge in [-0.25, -0.2) is 15.0 Å². The van der Waals surface area contributed by atoms with Crippen LogP contribution in [0.15, 0.2) is 194 Å². The lowest BCUT2D eigenvalue weighted by molar-refractivity contribution is 1.07. The summed E-state index contributed by atoms with van der Waals surface area (Å²) >= 11 is 0. The van der Waals surface area contributed by atoms with Gasteiger partial charge >= 0.3 is 0 Å². The molecule has 0 radical (unpaired) electrons. The quantitative estimate of drug-likeness (QED) is 0.160. The van der Waals surface area contributed by atoms with E-state index in [0.29, 0.717) is 17.5 Å². The summed E-state index contributed by atoms with van der Waals surface area (Å²) in [5.41, 5.74) is 9.71. The number of benzene rings is 7. The van der Waals surface area contributed by atoms with Gasteiger partial charge in [0.05, 0.1) is 16.6 Å². The van der Waals surface area contributed by atoms with Crippen LogP contribution in [-0.2, 0) is 0 Å².